The van der Waals surface area contributed by atoms with Crippen LogP contribution in [0.4, 0.5) is 20.4 Å². The van der Waals surface area contributed by atoms with Crippen molar-refractivity contribution in [2.75, 3.05) is 36.5 Å². The largest absolute Gasteiger partial charge is 0.404 e. The van der Waals surface area contributed by atoms with Crippen LogP contribution < -0.4 is 16.0 Å². The molecule has 0 radical (unpaired) electrons. The first-order chi connectivity index (χ1) is 13.6. The van der Waals surface area contributed by atoms with Crippen molar-refractivity contribution in [3.63, 3.8) is 0 Å². The Bertz CT molecular complexity index is 857. The second kappa shape index (κ2) is 7.86. The average molecular weight is 393 g/mol. The molecule has 2 aromatic rings. The zero-order valence-electron chi connectivity index (χ0n) is 15.8. The number of nitrogens with one attached hydrogen (secondary N) is 1. The standard InChI is InChI=1S/C18H25F2N7O/c1-2-11(7-21)14-15(26-8-12(9-26)16(19)20)17-24-18(25-27(17)10-22-14)23-13-3-5-28-6-4-13/h7,10,12-13,16H,2-6,8-9,21H2,1H3,(H,23,25)/b11-7+. The molecule has 0 aromatic carbocycles. The molecule has 2 fully saturated rings. The summed E-state index contributed by atoms with van der Waals surface area (Å²) in [6.07, 6.45) is 3.25. The molecule has 0 bridgehead atoms. The molecule has 0 aliphatic carbocycles. The number of nitrogens with two attached hydrogens (primary N) is 1. The number of halogens is 2. The molecule has 3 N–H and O–H groups in total. The lowest BCUT2D eigenvalue weighted by atomic mass is 9.98. The molecule has 4 rings (SSSR count). The highest BCUT2D eigenvalue weighted by molar-refractivity contribution is 5.83. The van der Waals surface area contributed by atoms with Crippen molar-refractivity contribution in [1.82, 2.24) is 19.6 Å². The van der Waals surface area contributed by atoms with Crippen LogP contribution in [0, 0.1) is 5.92 Å². The maximum atomic E-state index is 13.0. The van der Waals surface area contributed by atoms with Gasteiger partial charge in [-0.1, -0.05) is 6.92 Å². The molecule has 0 atom stereocenters. The van der Waals surface area contributed by atoms with E-state index in [-0.39, 0.29) is 19.1 Å². The number of nitrogens with zero attached hydrogens (tertiary/aromatic N) is 5. The minimum Gasteiger partial charge on any atom is -0.404 e. The van der Waals surface area contributed by atoms with Crippen LogP contribution in [-0.4, -0.2) is 58.4 Å². The fraction of sp³-hybridized carbons (Fsp3) is 0.611. The van der Waals surface area contributed by atoms with E-state index in [0.717, 1.165) is 18.4 Å². The average Bonchev–Trinajstić information content (AvgIpc) is 3.06. The first-order valence-corrected chi connectivity index (χ1v) is 9.64. The van der Waals surface area contributed by atoms with Crippen molar-refractivity contribution in [2.24, 2.45) is 11.7 Å². The number of fused-ring (bicyclic) bond motifs is 1. The van der Waals surface area contributed by atoms with Crippen LogP contribution in [0.3, 0.4) is 0 Å². The minimum atomic E-state index is -2.33. The first kappa shape index (κ1) is 18.9. The van der Waals surface area contributed by atoms with E-state index in [1.807, 2.05) is 11.8 Å². The zero-order chi connectivity index (χ0) is 19.7. The smallest absolute Gasteiger partial charge is 0.244 e. The van der Waals surface area contributed by atoms with E-state index >= 15 is 0 Å². The highest BCUT2D eigenvalue weighted by Gasteiger charge is 2.37. The fourth-order valence-corrected chi connectivity index (χ4v) is 3.68. The van der Waals surface area contributed by atoms with Crippen molar-refractivity contribution in [1.29, 1.82) is 0 Å². The van der Waals surface area contributed by atoms with Crippen LogP contribution in [0.1, 0.15) is 31.9 Å². The Morgan fingerprint density at radius 2 is 2.14 bits per heavy atom. The van der Waals surface area contributed by atoms with Gasteiger partial charge in [-0.25, -0.2) is 13.8 Å². The van der Waals surface area contributed by atoms with Gasteiger partial charge < -0.3 is 20.7 Å². The van der Waals surface area contributed by atoms with Crippen LogP contribution in [-0.2, 0) is 4.74 Å². The Balaban J connectivity index is 1.69. The Morgan fingerprint density at radius 1 is 1.39 bits per heavy atom. The van der Waals surface area contributed by atoms with E-state index in [9.17, 15) is 8.78 Å². The van der Waals surface area contributed by atoms with Gasteiger partial charge in [-0.3, -0.25) is 0 Å². The van der Waals surface area contributed by atoms with Gasteiger partial charge in [0.05, 0.1) is 11.6 Å². The van der Waals surface area contributed by atoms with Crippen LogP contribution >= 0.6 is 0 Å². The van der Waals surface area contributed by atoms with Crippen molar-refractivity contribution >= 4 is 22.9 Å². The molecular weight excluding hydrogens is 368 g/mol. The summed E-state index contributed by atoms with van der Waals surface area (Å²) in [7, 11) is 0. The van der Waals surface area contributed by atoms with Crippen LogP contribution in [0.15, 0.2) is 12.5 Å². The number of aromatic nitrogens is 4. The minimum absolute atomic E-state index is 0.254. The van der Waals surface area contributed by atoms with Gasteiger partial charge in [0.25, 0.3) is 0 Å². The predicted molar refractivity (Wildman–Crippen MR) is 102 cm³/mol. The second-order valence-electron chi connectivity index (χ2n) is 7.22. The molecule has 2 aromatic heterocycles. The van der Waals surface area contributed by atoms with E-state index in [1.54, 1.807) is 10.8 Å². The zero-order valence-corrected chi connectivity index (χ0v) is 15.8. The summed E-state index contributed by atoms with van der Waals surface area (Å²) >= 11 is 0. The number of alkyl halides is 2. The third kappa shape index (κ3) is 3.48. The molecule has 152 valence electrons. The normalized spacial score (nSPS) is 19.4. The summed E-state index contributed by atoms with van der Waals surface area (Å²) in [6, 6.07) is 0.254. The Morgan fingerprint density at radius 3 is 2.79 bits per heavy atom. The summed E-state index contributed by atoms with van der Waals surface area (Å²) in [5, 5.41) is 7.83. The molecule has 2 saturated heterocycles. The maximum Gasteiger partial charge on any atom is 0.244 e. The van der Waals surface area contributed by atoms with Crippen LogP contribution in [0.2, 0.25) is 0 Å². The fourth-order valence-electron chi connectivity index (χ4n) is 3.68. The number of ether oxygens (including phenoxy) is 1. The molecule has 0 amide bonds. The van der Waals surface area contributed by atoms with Gasteiger partial charge in [-0.2, -0.15) is 9.50 Å². The summed E-state index contributed by atoms with van der Waals surface area (Å²) < 4.78 is 33.0. The summed E-state index contributed by atoms with van der Waals surface area (Å²) in [6.45, 7) is 3.94. The Hall–Kier alpha value is -2.49. The molecule has 0 spiro atoms. The van der Waals surface area contributed by atoms with Gasteiger partial charge in [0.1, 0.15) is 12.0 Å². The van der Waals surface area contributed by atoms with Gasteiger partial charge in [0.2, 0.25) is 12.4 Å². The van der Waals surface area contributed by atoms with E-state index in [0.29, 0.717) is 42.6 Å². The van der Waals surface area contributed by atoms with E-state index in [2.05, 4.69) is 20.4 Å². The molecule has 0 unspecified atom stereocenters. The predicted octanol–water partition coefficient (Wildman–Crippen LogP) is 2.13. The number of allylic oxidation sites excluding steroid dienone is 1. The highest BCUT2D eigenvalue weighted by Crippen LogP contribution is 2.36. The third-order valence-corrected chi connectivity index (χ3v) is 5.39. The van der Waals surface area contributed by atoms with E-state index in [1.165, 1.54) is 6.20 Å². The lowest BCUT2D eigenvalue weighted by Crippen LogP contribution is -2.50. The molecule has 10 heteroatoms. The number of rotatable bonds is 6. The Kier molecular flexibility index (Phi) is 5.29. The molecule has 28 heavy (non-hydrogen) atoms. The summed E-state index contributed by atoms with van der Waals surface area (Å²) in [5.74, 6) is -0.129. The molecule has 2 aliphatic heterocycles. The van der Waals surface area contributed by atoms with Crippen LogP contribution in [0.25, 0.3) is 11.2 Å². The number of anilines is 2. The number of hydrogen-bond donors (Lipinski definition) is 2. The SMILES string of the molecule is CC/C(=C\N)c1ncn2nc(NC3CCOCC3)nc2c1N1CC(C(F)F)C1. The van der Waals surface area contributed by atoms with Crippen molar-refractivity contribution in [3.05, 3.63) is 18.2 Å². The summed E-state index contributed by atoms with van der Waals surface area (Å²) in [5.41, 5.74) is 8.62. The molecule has 0 saturated carbocycles. The van der Waals surface area contributed by atoms with Crippen molar-refractivity contribution < 1.29 is 13.5 Å². The van der Waals surface area contributed by atoms with Gasteiger partial charge >= 0.3 is 0 Å². The topological polar surface area (TPSA) is 93.6 Å². The second-order valence-corrected chi connectivity index (χ2v) is 7.22. The highest BCUT2D eigenvalue weighted by atomic mass is 19.3. The van der Waals surface area contributed by atoms with Gasteiger partial charge in [-0.15, -0.1) is 5.10 Å². The third-order valence-electron chi connectivity index (χ3n) is 5.39. The lowest BCUT2D eigenvalue weighted by molar-refractivity contribution is 0.0614. The first-order valence-electron chi connectivity index (χ1n) is 9.64. The van der Waals surface area contributed by atoms with Crippen LogP contribution in [0.5, 0.6) is 0 Å². The monoisotopic (exact) mass is 393 g/mol. The van der Waals surface area contributed by atoms with Crippen molar-refractivity contribution in [2.45, 2.75) is 38.7 Å². The lowest BCUT2D eigenvalue weighted by Gasteiger charge is -2.41. The van der Waals surface area contributed by atoms with Gasteiger partial charge in [0.15, 0.2) is 5.65 Å². The number of hydrogen-bond acceptors (Lipinski definition) is 7. The van der Waals surface area contributed by atoms with Crippen molar-refractivity contribution in [3.8, 4) is 0 Å². The molecule has 2 aliphatic rings. The summed E-state index contributed by atoms with van der Waals surface area (Å²) in [4.78, 5) is 11.1. The molecular formula is C18H25F2N7O. The maximum absolute atomic E-state index is 13.0. The molecule has 8 nitrogen and oxygen atoms in total. The van der Waals surface area contributed by atoms with E-state index < -0.39 is 12.3 Å². The van der Waals surface area contributed by atoms with Gasteiger partial charge in [-0.05, 0) is 31.0 Å². The quantitative estimate of drug-likeness (QED) is 0.776. The Labute approximate surface area is 161 Å². The van der Waals surface area contributed by atoms with Gasteiger partial charge in [0, 0.05) is 32.3 Å². The van der Waals surface area contributed by atoms with E-state index in [4.69, 9.17) is 10.5 Å². The molecule has 4 heterocycles.